The van der Waals surface area contributed by atoms with Crippen molar-refractivity contribution < 1.29 is 13.2 Å². The van der Waals surface area contributed by atoms with Crippen molar-refractivity contribution in [3.05, 3.63) is 24.3 Å². The minimum absolute atomic E-state index is 0.0137. The van der Waals surface area contributed by atoms with E-state index >= 15 is 0 Å². The molecular weight excluding hydrogens is 278 g/mol. The highest BCUT2D eigenvalue weighted by molar-refractivity contribution is 7.89. The molecule has 1 aromatic carbocycles. The first kappa shape index (κ1) is 15.0. The first-order valence-corrected chi connectivity index (χ1v) is 8.12. The zero-order valence-electron chi connectivity index (χ0n) is 11.3. The van der Waals surface area contributed by atoms with Crippen molar-refractivity contribution in [2.75, 3.05) is 25.0 Å². The van der Waals surface area contributed by atoms with Crippen LogP contribution in [0.3, 0.4) is 0 Å². The van der Waals surface area contributed by atoms with Crippen LogP contribution in [0, 0.1) is 5.92 Å². The van der Waals surface area contributed by atoms with Crippen LogP contribution >= 0.6 is 0 Å². The maximum absolute atomic E-state index is 11.9. The minimum Gasteiger partial charge on any atom is -0.326 e. The van der Waals surface area contributed by atoms with Crippen molar-refractivity contribution in [1.82, 2.24) is 10.0 Å². The number of benzene rings is 1. The topological polar surface area (TPSA) is 87.3 Å². The van der Waals surface area contributed by atoms with E-state index < -0.39 is 10.0 Å². The number of sulfonamides is 1. The lowest BCUT2D eigenvalue weighted by atomic mass is 10.1. The van der Waals surface area contributed by atoms with Crippen molar-refractivity contribution in [2.24, 2.45) is 5.92 Å². The van der Waals surface area contributed by atoms with Crippen LogP contribution in [-0.2, 0) is 14.8 Å². The zero-order chi connectivity index (χ0) is 14.6. The van der Waals surface area contributed by atoms with Crippen LogP contribution in [-0.4, -0.2) is 34.0 Å². The summed E-state index contributed by atoms with van der Waals surface area (Å²) in [6.45, 7) is 3.62. The molecule has 1 fully saturated rings. The molecule has 1 aromatic rings. The molecular formula is C13H19N3O3S. The molecule has 7 heteroatoms. The summed E-state index contributed by atoms with van der Waals surface area (Å²) >= 11 is 0. The zero-order valence-corrected chi connectivity index (χ0v) is 12.2. The van der Waals surface area contributed by atoms with Crippen LogP contribution in [0.25, 0.3) is 0 Å². The van der Waals surface area contributed by atoms with Crippen LogP contribution in [0.5, 0.6) is 0 Å². The Hall–Kier alpha value is -1.44. The van der Waals surface area contributed by atoms with E-state index in [0.717, 1.165) is 13.0 Å². The molecule has 20 heavy (non-hydrogen) atoms. The van der Waals surface area contributed by atoms with Gasteiger partial charge in [-0.05, 0) is 37.2 Å². The van der Waals surface area contributed by atoms with E-state index in [0.29, 0.717) is 18.8 Å². The van der Waals surface area contributed by atoms with E-state index in [2.05, 4.69) is 15.4 Å². The molecule has 0 spiro atoms. The fourth-order valence-electron chi connectivity index (χ4n) is 2.11. The molecule has 3 N–H and O–H groups in total. The second-order valence-corrected chi connectivity index (χ2v) is 6.47. The standard InChI is InChI=1S/C13H19N3O3S/c1-2-15-20(18,19)12-5-3-11(4-6-12)16-13(17)10-7-8-14-9-10/h3-6,10,14-15H,2,7-9H2,1H3,(H,16,17). The van der Waals surface area contributed by atoms with Crippen LogP contribution in [0.2, 0.25) is 0 Å². The summed E-state index contributed by atoms with van der Waals surface area (Å²) in [5.74, 6) is -0.0440. The van der Waals surface area contributed by atoms with Gasteiger partial charge in [0, 0.05) is 18.8 Å². The number of carbonyl (C=O) groups excluding carboxylic acids is 1. The predicted molar refractivity (Wildman–Crippen MR) is 76.9 cm³/mol. The number of carbonyl (C=O) groups is 1. The summed E-state index contributed by atoms with van der Waals surface area (Å²) in [7, 11) is -3.44. The van der Waals surface area contributed by atoms with Gasteiger partial charge >= 0.3 is 0 Å². The van der Waals surface area contributed by atoms with Gasteiger partial charge in [0.25, 0.3) is 0 Å². The Morgan fingerprint density at radius 1 is 1.35 bits per heavy atom. The van der Waals surface area contributed by atoms with Crippen LogP contribution in [0.1, 0.15) is 13.3 Å². The van der Waals surface area contributed by atoms with E-state index in [1.807, 2.05) is 0 Å². The lowest BCUT2D eigenvalue weighted by molar-refractivity contribution is -0.119. The van der Waals surface area contributed by atoms with Gasteiger partial charge in [0.2, 0.25) is 15.9 Å². The summed E-state index contributed by atoms with van der Waals surface area (Å²) in [6.07, 6.45) is 0.832. The van der Waals surface area contributed by atoms with Gasteiger partial charge in [-0.15, -0.1) is 0 Å². The Kier molecular flexibility index (Phi) is 4.74. The Balaban J connectivity index is 2.03. The van der Waals surface area contributed by atoms with Crippen molar-refractivity contribution in [3.63, 3.8) is 0 Å². The average molecular weight is 297 g/mol. The molecule has 2 rings (SSSR count). The minimum atomic E-state index is -3.44. The summed E-state index contributed by atoms with van der Waals surface area (Å²) in [6, 6.07) is 6.18. The Morgan fingerprint density at radius 2 is 2.05 bits per heavy atom. The van der Waals surface area contributed by atoms with Gasteiger partial charge < -0.3 is 10.6 Å². The fourth-order valence-corrected chi connectivity index (χ4v) is 3.15. The van der Waals surface area contributed by atoms with Crippen molar-refractivity contribution in [1.29, 1.82) is 0 Å². The van der Waals surface area contributed by atoms with Crippen LogP contribution in [0.15, 0.2) is 29.2 Å². The molecule has 110 valence electrons. The van der Waals surface area contributed by atoms with Gasteiger partial charge in [-0.2, -0.15) is 0 Å². The first-order chi connectivity index (χ1) is 9.53. The van der Waals surface area contributed by atoms with Gasteiger partial charge in [-0.1, -0.05) is 6.92 Å². The third-order valence-corrected chi connectivity index (χ3v) is 4.76. The predicted octanol–water partition coefficient (Wildman–Crippen LogP) is 0.533. The maximum atomic E-state index is 11.9. The Labute approximate surface area is 119 Å². The van der Waals surface area contributed by atoms with Gasteiger partial charge in [-0.3, -0.25) is 4.79 Å². The molecule has 0 aliphatic carbocycles. The number of amides is 1. The number of anilines is 1. The molecule has 6 nitrogen and oxygen atoms in total. The second kappa shape index (κ2) is 6.34. The van der Waals surface area contributed by atoms with Gasteiger partial charge in [-0.25, -0.2) is 13.1 Å². The van der Waals surface area contributed by atoms with E-state index in [-0.39, 0.29) is 16.7 Å². The third-order valence-electron chi connectivity index (χ3n) is 3.20. The summed E-state index contributed by atoms with van der Waals surface area (Å²) < 4.78 is 26.0. The molecule has 1 aliphatic rings. The Bertz CT molecular complexity index is 563. The second-order valence-electron chi connectivity index (χ2n) is 4.70. The molecule has 1 amide bonds. The Morgan fingerprint density at radius 3 is 2.60 bits per heavy atom. The van der Waals surface area contributed by atoms with Gasteiger partial charge in [0.05, 0.1) is 10.8 Å². The normalized spacial score (nSPS) is 18.9. The highest BCUT2D eigenvalue weighted by atomic mass is 32.2. The van der Waals surface area contributed by atoms with E-state index in [1.54, 1.807) is 19.1 Å². The maximum Gasteiger partial charge on any atom is 0.240 e. The van der Waals surface area contributed by atoms with Crippen molar-refractivity contribution in [3.8, 4) is 0 Å². The monoisotopic (exact) mass is 297 g/mol. The van der Waals surface area contributed by atoms with Crippen molar-refractivity contribution >= 4 is 21.6 Å². The van der Waals surface area contributed by atoms with E-state index in [9.17, 15) is 13.2 Å². The van der Waals surface area contributed by atoms with Crippen LogP contribution < -0.4 is 15.4 Å². The summed E-state index contributed by atoms with van der Waals surface area (Å²) in [4.78, 5) is 12.1. The molecule has 0 saturated carbocycles. The van der Waals surface area contributed by atoms with Gasteiger partial charge in [0.15, 0.2) is 0 Å². The largest absolute Gasteiger partial charge is 0.326 e. The van der Waals surface area contributed by atoms with Crippen LogP contribution in [0.4, 0.5) is 5.69 Å². The van der Waals surface area contributed by atoms with Crippen molar-refractivity contribution in [2.45, 2.75) is 18.2 Å². The van der Waals surface area contributed by atoms with E-state index in [4.69, 9.17) is 0 Å². The fraction of sp³-hybridized carbons (Fsp3) is 0.462. The number of hydrogen-bond acceptors (Lipinski definition) is 4. The van der Waals surface area contributed by atoms with E-state index in [1.165, 1.54) is 12.1 Å². The summed E-state index contributed by atoms with van der Waals surface area (Å²) in [5.41, 5.74) is 0.609. The smallest absolute Gasteiger partial charge is 0.240 e. The highest BCUT2D eigenvalue weighted by Crippen LogP contribution is 2.16. The first-order valence-electron chi connectivity index (χ1n) is 6.64. The molecule has 1 heterocycles. The summed E-state index contributed by atoms with van der Waals surface area (Å²) in [5, 5.41) is 5.93. The lowest BCUT2D eigenvalue weighted by Crippen LogP contribution is -2.25. The van der Waals surface area contributed by atoms with Gasteiger partial charge in [0.1, 0.15) is 0 Å². The molecule has 0 radical (unpaired) electrons. The molecule has 1 aliphatic heterocycles. The average Bonchev–Trinajstić information content (AvgIpc) is 2.93. The highest BCUT2D eigenvalue weighted by Gasteiger charge is 2.22. The number of hydrogen-bond donors (Lipinski definition) is 3. The quantitative estimate of drug-likeness (QED) is 0.740. The number of rotatable bonds is 5. The molecule has 1 unspecified atom stereocenters. The molecule has 0 bridgehead atoms. The third kappa shape index (κ3) is 3.56. The molecule has 1 atom stereocenters. The molecule has 1 saturated heterocycles. The SMILES string of the molecule is CCNS(=O)(=O)c1ccc(NC(=O)C2CCNC2)cc1. The lowest BCUT2D eigenvalue weighted by Gasteiger charge is -2.10. The molecule has 0 aromatic heterocycles. The number of nitrogens with one attached hydrogen (secondary N) is 3.